The summed E-state index contributed by atoms with van der Waals surface area (Å²) in [5.41, 5.74) is 1.09. The van der Waals surface area contributed by atoms with Crippen molar-refractivity contribution in [2.75, 3.05) is 0 Å². The lowest BCUT2D eigenvalue weighted by atomic mass is 10.1. The van der Waals surface area contributed by atoms with Gasteiger partial charge in [-0.2, -0.15) is 5.10 Å². The Balaban J connectivity index is 2.07. The van der Waals surface area contributed by atoms with E-state index in [-0.39, 0.29) is 0 Å². The zero-order chi connectivity index (χ0) is 13.2. The Bertz CT molecular complexity index is 731. The lowest BCUT2D eigenvalue weighted by Gasteiger charge is -2.02. The second-order valence-electron chi connectivity index (χ2n) is 4.42. The number of nitrogens with zero attached hydrogens (tertiary/aromatic N) is 4. The molecule has 0 aliphatic heterocycles. The quantitative estimate of drug-likeness (QED) is 0.656. The molecule has 0 unspecified atom stereocenters. The van der Waals surface area contributed by atoms with Gasteiger partial charge in [-0.05, 0) is 24.6 Å². The Morgan fingerprint density at radius 3 is 2.42 bits per heavy atom. The van der Waals surface area contributed by atoms with Crippen LogP contribution in [0.25, 0.3) is 10.8 Å². The molecule has 0 spiro atoms. The van der Waals surface area contributed by atoms with Crippen LogP contribution < -0.4 is 0 Å². The first-order valence-electron chi connectivity index (χ1n) is 6.16. The van der Waals surface area contributed by atoms with E-state index in [1.807, 2.05) is 38.3 Å². The van der Waals surface area contributed by atoms with Gasteiger partial charge >= 0.3 is 0 Å². The lowest BCUT2D eigenvalue weighted by Crippen LogP contribution is -1.96. The molecule has 4 heteroatoms. The highest BCUT2D eigenvalue weighted by Gasteiger charge is 2.02. The van der Waals surface area contributed by atoms with E-state index in [9.17, 15) is 0 Å². The minimum Gasteiger partial charge on any atom is -0.202 e. The van der Waals surface area contributed by atoms with Crippen LogP contribution in [0.3, 0.4) is 0 Å². The molecule has 3 rings (SSSR count). The van der Waals surface area contributed by atoms with Crippen LogP contribution in [0.1, 0.15) is 17.2 Å². The van der Waals surface area contributed by atoms with E-state index in [2.05, 4.69) is 39.6 Å². The summed E-state index contributed by atoms with van der Waals surface area (Å²) < 4.78 is 1.74. The zero-order valence-electron chi connectivity index (χ0n) is 10.9. The molecule has 0 atom stereocenters. The first kappa shape index (κ1) is 11.6. The molecular weight excluding hydrogens is 236 g/mol. The van der Waals surface area contributed by atoms with Crippen molar-refractivity contribution < 1.29 is 0 Å². The van der Waals surface area contributed by atoms with Crippen molar-refractivity contribution in [2.45, 2.75) is 13.8 Å². The van der Waals surface area contributed by atoms with Gasteiger partial charge in [-0.3, -0.25) is 0 Å². The van der Waals surface area contributed by atoms with Crippen LogP contribution >= 0.6 is 0 Å². The third kappa shape index (κ3) is 2.12. The molecule has 2 aromatic carbocycles. The summed E-state index contributed by atoms with van der Waals surface area (Å²) in [6.45, 7) is 3.78. The lowest BCUT2D eigenvalue weighted by molar-refractivity contribution is 0.799. The van der Waals surface area contributed by atoms with E-state index in [0.29, 0.717) is 0 Å². The van der Waals surface area contributed by atoms with Crippen LogP contribution in [0, 0.1) is 13.8 Å². The SMILES string of the molecule is Cc1nnc(C)n1/N=C/c1cccc2ccccc12. The van der Waals surface area contributed by atoms with E-state index in [1.165, 1.54) is 10.8 Å². The molecule has 19 heavy (non-hydrogen) atoms. The number of aryl methyl sites for hydroxylation is 2. The largest absolute Gasteiger partial charge is 0.202 e. The molecule has 0 aliphatic rings. The second-order valence-corrected chi connectivity index (χ2v) is 4.42. The highest BCUT2D eigenvalue weighted by atomic mass is 15.4. The zero-order valence-corrected chi connectivity index (χ0v) is 10.9. The molecule has 0 bridgehead atoms. The summed E-state index contributed by atoms with van der Waals surface area (Å²) in [6, 6.07) is 14.5. The molecule has 0 fully saturated rings. The van der Waals surface area contributed by atoms with Crippen LogP contribution in [0.15, 0.2) is 47.6 Å². The number of hydrogen-bond acceptors (Lipinski definition) is 3. The van der Waals surface area contributed by atoms with Gasteiger partial charge in [-0.1, -0.05) is 42.5 Å². The van der Waals surface area contributed by atoms with Crippen molar-refractivity contribution in [3.63, 3.8) is 0 Å². The van der Waals surface area contributed by atoms with E-state index in [1.54, 1.807) is 4.68 Å². The minimum atomic E-state index is 0.786. The minimum absolute atomic E-state index is 0.786. The fraction of sp³-hybridized carbons (Fsp3) is 0.133. The molecule has 1 aromatic heterocycles. The molecule has 0 saturated heterocycles. The maximum atomic E-state index is 4.45. The van der Waals surface area contributed by atoms with Crippen molar-refractivity contribution in [3.05, 3.63) is 59.7 Å². The van der Waals surface area contributed by atoms with E-state index >= 15 is 0 Å². The van der Waals surface area contributed by atoms with Crippen LogP contribution in [0.4, 0.5) is 0 Å². The molecule has 0 radical (unpaired) electrons. The van der Waals surface area contributed by atoms with Gasteiger partial charge in [0, 0.05) is 5.56 Å². The molecule has 0 amide bonds. The summed E-state index contributed by atoms with van der Waals surface area (Å²) in [6.07, 6.45) is 1.85. The van der Waals surface area contributed by atoms with Gasteiger partial charge < -0.3 is 0 Å². The molecule has 1 heterocycles. The van der Waals surface area contributed by atoms with Crippen molar-refractivity contribution in [3.8, 4) is 0 Å². The number of aromatic nitrogens is 3. The Kier molecular flexibility index (Phi) is 2.83. The number of hydrogen-bond donors (Lipinski definition) is 0. The highest BCUT2D eigenvalue weighted by molar-refractivity contribution is 5.99. The maximum Gasteiger partial charge on any atom is 0.151 e. The monoisotopic (exact) mass is 250 g/mol. The summed E-state index contributed by atoms with van der Waals surface area (Å²) in [5.74, 6) is 1.57. The van der Waals surface area contributed by atoms with Crippen LogP contribution in [0.2, 0.25) is 0 Å². The Morgan fingerprint density at radius 2 is 1.63 bits per heavy atom. The van der Waals surface area contributed by atoms with Crippen LogP contribution in [-0.2, 0) is 0 Å². The standard InChI is InChI=1S/C15H14N4/c1-11-17-18-12(2)19(11)16-10-14-8-5-7-13-6-3-4-9-15(13)14/h3-10H,1-2H3/b16-10+. The van der Waals surface area contributed by atoms with Gasteiger partial charge in [-0.15, -0.1) is 10.2 Å². The Labute approximate surface area is 111 Å². The molecule has 4 nitrogen and oxygen atoms in total. The maximum absolute atomic E-state index is 4.45. The fourth-order valence-corrected chi connectivity index (χ4v) is 2.11. The van der Waals surface area contributed by atoms with Crippen molar-refractivity contribution >= 4 is 17.0 Å². The van der Waals surface area contributed by atoms with E-state index in [4.69, 9.17) is 0 Å². The number of benzene rings is 2. The van der Waals surface area contributed by atoms with Gasteiger partial charge in [0.2, 0.25) is 0 Å². The van der Waals surface area contributed by atoms with E-state index in [0.717, 1.165) is 17.2 Å². The first-order chi connectivity index (χ1) is 9.25. The van der Waals surface area contributed by atoms with Crippen molar-refractivity contribution in [2.24, 2.45) is 5.10 Å². The molecule has 0 aliphatic carbocycles. The molecular formula is C15H14N4. The van der Waals surface area contributed by atoms with Gasteiger partial charge in [0.15, 0.2) is 11.6 Å². The van der Waals surface area contributed by atoms with Crippen molar-refractivity contribution in [1.29, 1.82) is 0 Å². The van der Waals surface area contributed by atoms with Gasteiger partial charge in [0.05, 0.1) is 6.21 Å². The van der Waals surface area contributed by atoms with E-state index < -0.39 is 0 Å². The summed E-state index contributed by atoms with van der Waals surface area (Å²) in [7, 11) is 0. The average molecular weight is 250 g/mol. The predicted molar refractivity (Wildman–Crippen MR) is 76.4 cm³/mol. The first-order valence-corrected chi connectivity index (χ1v) is 6.16. The second kappa shape index (κ2) is 4.65. The molecule has 0 N–H and O–H groups in total. The highest BCUT2D eigenvalue weighted by Crippen LogP contribution is 2.17. The summed E-state index contributed by atoms with van der Waals surface area (Å²) in [4.78, 5) is 0. The third-order valence-corrected chi connectivity index (χ3v) is 3.09. The van der Waals surface area contributed by atoms with Gasteiger partial charge in [0.25, 0.3) is 0 Å². The van der Waals surface area contributed by atoms with Crippen molar-refractivity contribution in [1.82, 2.24) is 14.9 Å². The summed E-state index contributed by atoms with van der Waals surface area (Å²) >= 11 is 0. The van der Waals surface area contributed by atoms with Gasteiger partial charge in [-0.25, -0.2) is 4.68 Å². The normalized spacial score (nSPS) is 11.5. The molecule has 0 saturated carbocycles. The van der Waals surface area contributed by atoms with Crippen LogP contribution in [0.5, 0.6) is 0 Å². The summed E-state index contributed by atoms with van der Waals surface area (Å²) in [5, 5.41) is 14.8. The Hall–Kier alpha value is -2.49. The number of fused-ring (bicyclic) bond motifs is 1. The smallest absolute Gasteiger partial charge is 0.151 e. The topological polar surface area (TPSA) is 43.1 Å². The average Bonchev–Trinajstić information content (AvgIpc) is 2.76. The third-order valence-electron chi connectivity index (χ3n) is 3.09. The molecule has 94 valence electrons. The predicted octanol–water partition coefficient (Wildman–Crippen LogP) is 2.93. The van der Waals surface area contributed by atoms with Gasteiger partial charge in [0.1, 0.15) is 0 Å². The number of rotatable bonds is 2. The fourth-order valence-electron chi connectivity index (χ4n) is 2.11. The Morgan fingerprint density at radius 1 is 0.947 bits per heavy atom. The molecule has 3 aromatic rings. The van der Waals surface area contributed by atoms with Crippen LogP contribution in [-0.4, -0.2) is 21.1 Å².